The van der Waals surface area contributed by atoms with Crippen LogP contribution in [0.4, 0.5) is 0 Å². The van der Waals surface area contributed by atoms with E-state index in [1.165, 1.54) is 6.92 Å². The van der Waals surface area contributed by atoms with Gasteiger partial charge in [-0.2, -0.15) is 0 Å². The third-order valence-electron chi connectivity index (χ3n) is 7.04. The number of aliphatic hydroxyl groups is 1. The molecule has 0 saturated heterocycles. The van der Waals surface area contributed by atoms with E-state index in [1.54, 1.807) is 18.6 Å². The van der Waals surface area contributed by atoms with Crippen LogP contribution in [0.1, 0.15) is 59.4 Å². The van der Waals surface area contributed by atoms with Crippen LogP contribution in [-0.4, -0.2) is 28.6 Å². The average molecular weight is 374 g/mol. The number of hydrogen-bond donors (Lipinski definition) is 1. The van der Waals surface area contributed by atoms with Crippen molar-refractivity contribution in [3.8, 4) is 0 Å². The molecule has 148 valence electrons. The normalized spacial score (nSPS) is 35.3. The van der Waals surface area contributed by atoms with Crippen LogP contribution in [-0.2, 0) is 20.7 Å². The third kappa shape index (κ3) is 3.06. The molecule has 1 heterocycles. The molecule has 3 rings (SSSR count). The highest BCUT2D eigenvalue weighted by atomic mass is 16.5. The fourth-order valence-corrected chi connectivity index (χ4v) is 5.60. The molecule has 0 unspecified atom stereocenters. The topological polar surface area (TPSA) is 76.7 Å². The molecule has 2 aliphatic carbocycles. The monoisotopic (exact) mass is 374 g/mol. The lowest BCUT2D eigenvalue weighted by atomic mass is 9.45. The van der Waals surface area contributed by atoms with Gasteiger partial charge in [-0.25, -0.2) is 0 Å². The predicted octanol–water partition coefficient (Wildman–Crippen LogP) is 3.85. The van der Waals surface area contributed by atoms with Crippen LogP contribution < -0.4 is 0 Å². The molecule has 0 radical (unpaired) electrons. The summed E-state index contributed by atoms with van der Waals surface area (Å²) >= 11 is 0. The van der Waals surface area contributed by atoms with Crippen molar-refractivity contribution in [2.24, 2.45) is 16.7 Å². The molecule has 1 aromatic heterocycles. The Morgan fingerprint density at radius 2 is 2.07 bits per heavy atom. The van der Waals surface area contributed by atoms with Crippen molar-refractivity contribution < 1.29 is 23.8 Å². The lowest BCUT2D eigenvalue weighted by Gasteiger charge is -2.60. The molecule has 5 nitrogen and oxygen atoms in total. The van der Waals surface area contributed by atoms with Crippen molar-refractivity contribution in [1.29, 1.82) is 0 Å². The smallest absolute Gasteiger partial charge is 0.302 e. The van der Waals surface area contributed by atoms with Crippen LogP contribution in [0.15, 0.2) is 34.7 Å². The quantitative estimate of drug-likeness (QED) is 0.810. The molecule has 1 fully saturated rings. The van der Waals surface area contributed by atoms with E-state index in [1.807, 2.05) is 33.8 Å². The number of rotatable bonds is 4. The van der Waals surface area contributed by atoms with Crippen molar-refractivity contribution in [3.05, 3.63) is 35.8 Å². The predicted molar refractivity (Wildman–Crippen MR) is 101 cm³/mol. The SMILES string of the molecule is CC(=O)O[C@H]1CC[C@@]2(C)[C@@H](C(=O)C=C(C)[C@]2(O)CCc2ccoc2)C1(C)C. The molecule has 1 aromatic rings. The Bertz CT molecular complexity index is 760. The van der Waals surface area contributed by atoms with Crippen molar-refractivity contribution >= 4 is 11.8 Å². The van der Waals surface area contributed by atoms with E-state index < -0.39 is 22.3 Å². The maximum atomic E-state index is 13.1. The number of furan rings is 1. The summed E-state index contributed by atoms with van der Waals surface area (Å²) in [5.41, 5.74) is -0.525. The fraction of sp³-hybridized carbons (Fsp3) is 0.636. The van der Waals surface area contributed by atoms with Crippen LogP contribution in [0.5, 0.6) is 0 Å². The Balaban J connectivity index is 1.99. The van der Waals surface area contributed by atoms with E-state index in [9.17, 15) is 14.7 Å². The minimum absolute atomic E-state index is 0.0184. The summed E-state index contributed by atoms with van der Waals surface area (Å²) in [6, 6.07) is 1.90. The second kappa shape index (κ2) is 6.62. The maximum absolute atomic E-state index is 13.1. The lowest BCUT2D eigenvalue weighted by molar-refractivity contribution is -0.196. The Morgan fingerprint density at radius 3 is 2.67 bits per heavy atom. The van der Waals surface area contributed by atoms with Crippen LogP contribution in [0.25, 0.3) is 0 Å². The number of ketones is 1. The van der Waals surface area contributed by atoms with Gasteiger partial charge in [0, 0.05) is 23.7 Å². The summed E-state index contributed by atoms with van der Waals surface area (Å²) in [7, 11) is 0. The van der Waals surface area contributed by atoms with Gasteiger partial charge >= 0.3 is 5.97 Å². The number of carbonyl (C=O) groups excluding carboxylic acids is 2. The number of ether oxygens (including phenoxy) is 1. The molecular weight excluding hydrogens is 344 g/mol. The molecule has 0 spiro atoms. The number of carbonyl (C=O) groups is 2. The van der Waals surface area contributed by atoms with Gasteiger partial charge in [-0.3, -0.25) is 9.59 Å². The number of hydrogen-bond acceptors (Lipinski definition) is 5. The van der Waals surface area contributed by atoms with Gasteiger partial charge in [0.2, 0.25) is 0 Å². The first-order chi connectivity index (χ1) is 12.5. The van der Waals surface area contributed by atoms with E-state index in [-0.39, 0.29) is 17.9 Å². The zero-order chi connectivity index (χ0) is 20.0. The Hall–Kier alpha value is -1.88. The molecule has 0 amide bonds. The van der Waals surface area contributed by atoms with Gasteiger partial charge in [-0.05, 0) is 55.9 Å². The van der Waals surface area contributed by atoms with E-state index in [2.05, 4.69) is 0 Å². The molecule has 5 heteroatoms. The zero-order valence-corrected chi connectivity index (χ0v) is 16.9. The summed E-state index contributed by atoms with van der Waals surface area (Å²) in [5.74, 6) is -0.729. The number of aryl methyl sites for hydroxylation is 1. The second-order valence-electron chi connectivity index (χ2n) is 9.03. The van der Waals surface area contributed by atoms with Gasteiger partial charge < -0.3 is 14.3 Å². The lowest BCUT2D eigenvalue weighted by Crippen LogP contribution is -2.65. The number of fused-ring (bicyclic) bond motifs is 1. The average Bonchev–Trinajstić information content (AvgIpc) is 3.07. The molecule has 4 atom stereocenters. The summed E-state index contributed by atoms with van der Waals surface area (Å²) in [5, 5.41) is 11.9. The Labute approximate surface area is 160 Å². The van der Waals surface area contributed by atoms with Crippen molar-refractivity contribution in [2.75, 3.05) is 0 Å². The standard InChI is InChI=1S/C22H30O5/c1-14-12-17(24)19-20(3,4)18(27-15(2)23)7-9-21(19,5)22(14,25)10-6-16-8-11-26-13-16/h8,11-13,18-19,25H,6-7,9-10H2,1-5H3/t18-,19-,21-,22+/m0/s1. The van der Waals surface area contributed by atoms with E-state index >= 15 is 0 Å². The minimum atomic E-state index is -1.10. The zero-order valence-electron chi connectivity index (χ0n) is 16.9. The largest absolute Gasteiger partial charge is 0.472 e. The molecule has 1 N–H and O–H groups in total. The van der Waals surface area contributed by atoms with Crippen LogP contribution >= 0.6 is 0 Å². The summed E-state index contributed by atoms with van der Waals surface area (Å²) in [6.45, 7) is 9.22. The maximum Gasteiger partial charge on any atom is 0.302 e. The van der Waals surface area contributed by atoms with Gasteiger partial charge in [0.05, 0.1) is 18.1 Å². The number of esters is 1. The molecular formula is C22H30O5. The molecule has 0 aliphatic heterocycles. The highest BCUT2D eigenvalue weighted by Gasteiger charge is 2.64. The first-order valence-corrected chi connectivity index (χ1v) is 9.65. The molecule has 0 bridgehead atoms. The molecule has 2 aliphatic rings. The van der Waals surface area contributed by atoms with Gasteiger partial charge in [-0.1, -0.05) is 20.8 Å². The van der Waals surface area contributed by atoms with E-state index in [0.29, 0.717) is 25.7 Å². The summed E-state index contributed by atoms with van der Waals surface area (Å²) < 4.78 is 10.7. The first-order valence-electron chi connectivity index (χ1n) is 9.65. The van der Waals surface area contributed by atoms with Crippen LogP contribution in [0.3, 0.4) is 0 Å². The van der Waals surface area contributed by atoms with Crippen LogP contribution in [0, 0.1) is 16.7 Å². The van der Waals surface area contributed by atoms with Gasteiger partial charge in [0.1, 0.15) is 6.10 Å². The van der Waals surface area contributed by atoms with Crippen LogP contribution in [0.2, 0.25) is 0 Å². The fourth-order valence-electron chi connectivity index (χ4n) is 5.60. The molecule has 0 aromatic carbocycles. The molecule has 1 saturated carbocycles. The van der Waals surface area contributed by atoms with Crippen molar-refractivity contribution in [3.63, 3.8) is 0 Å². The third-order valence-corrected chi connectivity index (χ3v) is 7.04. The minimum Gasteiger partial charge on any atom is -0.472 e. The van der Waals surface area contributed by atoms with Crippen molar-refractivity contribution in [1.82, 2.24) is 0 Å². The Morgan fingerprint density at radius 1 is 1.37 bits per heavy atom. The van der Waals surface area contributed by atoms with Gasteiger partial charge in [0.25, 0.3) is 0 Å². The second-order valence-corrected chi connectivity index (χ2v) is 9.03. The highest BCUT2D eigenvalue weighted by molar-refractivity contribution is 5.95. The summed E-state index contributed by atoms with van der Waals surface area (Å²) in [6.07, 6.45) is 7.03. The van der Waals surface area contributed by atoms with Gasteiger partial charge in [-0.15, -0.1) is 0 Å². The molecule has 27 heavy (non-hydrogen) atoms. The van der Waals surface area contributed by atoms with E-state index in [4.69, 9.17) is 9.15 Å². The van der Waals surface area contributed by atoms with Crippen molar-refractivity contribution in [2.45, 2.75) is 72.0 Å². The number of allylic oxidation sites excluding steroid dienone is 1. The van der Waals surface area contributed by atoms with Gasteiger partial charge in [0.15, 0.2) is 5.78 Å². The highest BCUT2D eigenvalue weighted by Crippen LogP contribution is 2.61. The Kier molecular flexibility index (Phi) is 4.87. The van der Waals surface area contributed by atoms with E-state index in [0.717, 1.165) is 11.1 Å². The summed E-state index contributed by atoms with van der Waals surface area (Å²) in [4.78, 5) is 24.6. The first kappa shape index (κ1) is 19.9.